The van der Waals surface area contributed by atoms with Crippen molar-refractivity contribution in [1.82, 2.24) is 10.3 Å². The van der Waals surface area contributed by atoms with Gasteiger partial charge in [0, 0.05) is 18.7 Å². The summed E-state index contributed by atoms with van der Waals surface area (Å²) in [6, 6.07) is 7.71. The molecule has 0 spiro atoms. The number of carbonyl (C=O) groups is 1. The van der Waals surface area contributed by atoms with E-state index in [2.05, 4.69) is 10.3 Å². The zero-order valence-electron chi connectivity index (χ0n) is 13.0. The van der Waals surface area contributed by atoms with Crippen LogP contribution in [0.2, 0.25) is 0 Å². The first-order chi connectivity index (χ1) is 10.2. The Kier molecular flexibility index (Phi) is 9.83. The van der Waals surface area contributed by atoms with Gasteiger partial charge in [-0.15, -0.1) is 36.2 Å². The third-order valence-electron chi connectivity index (χ3n) is 2.84. The molecule has 1 aromatic carbocycles. The summed E-state index contributed by atoms with van der Waals surface area (Å²) >= 11 is 1.39. The molecule has 3 N–H and O–H groups in total. The molecule has 2 aromatic rings. The molecular formula is C15H21Cl2N3O2S. The lowest BCUT2D eigenvalue weighted by molar-refractivity contribution is 0.0958. The van der Waals surface area contributed by atoms with Crippen LogP contribution in [0.4, 0.5) is 0 Å². The number of carbonyl (C=O) groups excluding carboxylic acids is 1. The second-order valence-electron chi connectivity index (χ2n) is 4.44. The summed E-state index contributed by atoms with van der Waals surface area (Å²) in [5.41, 5.74) is 7.10. The molecule has 0 unspecified atom stereocenters. The maximum atomic E-state index is 12.0. The Balaban J connectivity index is 0.00000242. The molecule has 5 nitrogen and oxygen atoms in total. The largest absolute Gasteiger partial charge is 0.494 e. The number of aryl methyl sites for hydroxylation is 1. The molecule has 1 amide bonds. The van der Waals surface area contributed by atoms with Gasteiger partial charge in [-0.1, -0.05) is 0 Å². The number of hydrogen-bond donors (Lipinski definition) is 2. The van der Waals surface area contributed by atoms with Crippen LogP contribution in [-0.4, -0.2) is 30.6 Å². The lowest BCUT2D eigenvalue weighted by atomic mass is 10.2. The summed E-state index contributed by atoms with van der Waals surface area (Å²) in [5.74, 6) is 0.711. The van der Waals surface area contributed by atoms with Crippen LogP contribution in [0.3, 0.4) is 0 Å². The summed E-state index contributed by atoms with van der Waals surface area (Å²) in [6.45, 7) is 5.32. The van der Waals surface area contributed by atoms with Gasteiger partial charge >= 0.3 is 0 Å². The highest BCUT2D eigenvalue weighted by atomic mass is 35.5. The average molecular weight is 378 g/mol. The van der Waals surface area contributed by atoms with Gasteiger partial charge in [0.25, 0.3) is 5.91 Å². The maximum Gasteiger partial charge on any atom is 0.263 e. The zero-order chi connectivity index (χ0) is 15.2. The molecule has 0 saturated carbocycles. The van der Waals surface area contributed by atoms with Crippen LogP contribution in [-0.2, 0) is 0 Å². The van der Waals surface area contributed by atoms with E-state index in [4.69, 9.17) is 10.5 Å². The van der Waals surface area contributed by atoms with Gasteiger partial charge in [-0.3, -0.25) is 4.79 Å². The minimum absolute atomic E-state index is 0. The highest BCUT2D eigenvalue weighted by Gasteiger charge is 2.15. The zero-order valence-corrected chi connectivity index (χ0v) is 15.4. The molecule has 2 rings (SSSR count). The van der Waals surface area contributed by atoms with Gasteiger partial charge in [0.1, 0.15) is 15.6 Å². The number of rotatable bonds is 6. The van der Waals surface area contributed by atoms with Gasteiger partial charge in [-0.05, 0) is 38.1 Å². The third kappa shape index (κ3) is 5.66. The number of nitrogens with one attached hydrogen (secondary N) is 1. The summed E-state index contributed by atoms with van der Waals surface area (Å²) in [7, 11) is 0. The van der Waals surface area contributed by atoms with Crippen molar-refractivity contribution < 1.29 is 9.53 Å². The lowest BCUT2D eigenvalue weighted by Gasteiger charge is -2.03. The van der Waals surface area contributed by atoms with Gasteiger partial charge in [-0.25, -0.2) is 4.98 Å². The van der Waals surface area contributed by atoms with Crippen molar-refractivity contribution in [3.05, 3.63) is 34.8 Å². The molecule has 128 valence electrons. The molecule has 1 aromatic heterocycles. The van der Waals surface area contributed by atoms with Crippen LogP contribution in [0.25, 0.3) is 10.6 Å². The number of amides is 1. The van der Waals surface area contributed by atoms with E-state index in [9.17, 15) is 4.79 Å². The van der Waals surface area contributed by atoms with E-state index in [1.54, 1.807) is 0 Å². The quantitative estimate of drug-likeness (QED) is 0.810. The van der Waals surface area contributed by atoms with E-state index < -0.39 is 0 Å². The van der Waals surface area contributed by atoms with E-state index >= 15 is 0 Å². The number of aromatic nitrogens is 1. The Morgan fingerprint density at radius 1 is 1.30 bits per heavy atom. The van der Waals surface area contributed by atoms with Crippen molar-refractivity contribution in [2.45, 2.75) is 13.8 Å². The van der Waals surface area contributed by atoms with Crippen LogP contribution in [0.1, 0.15) is 22.3 Å². The molecular weight excluding hydrogens is 357 g/mol. The predicted octanol–water partition coefficient (Wildman–Crippen LogP) is 3.05. The standard InChI is InChI=1S/C15H19N3O2S.2ClH/c1-3-20-12-6-4-11(5-7-12)15-18-10(2)13(21-15)14(19)17-9-8-16;;/h4-7H,3,8-9,16H2,1-2H3,(H,17,19);2*1H. The molecule has 0 saturated heterocycles. The van der Waals surface area contributed by atoms with E-state index in [0.29, 0.717) is 24.6 Å². The second-order valence-corrected chi connectivity index (χ2v) is 5.43. The van der Waals surface area contributed by atoms with Crippen molar-refractivity contribution >= 4 is 42.1 Å². The monoisotopic (exact) mass is 377 g/mol. The highest BCUT2D eigenvalue weighted by Crippen LogP contribution is 2.29. The molecule has 0 aliphatic rings. The van der Waals surface area contributed by atoms with Crippen molar-refractivity contribution in [3.8, 4) is 16.3 Å². The number of hydrogen-bond acceptors (Lipinski definition) is 5. The van der Waals surface area contributed by atoms with Crippen molar-refractivity contribution in [3.63, 3.8) is 0 Å². The predicted molar refractivity (Wildman–Crippen MR) is 99.3 cm³/mol. The topological polar surface area (TPSA) is 77.2 Å². The normalized spacial score (nSPS) is 9.52. The van der Waals surface area contributed by atoms with Gasteiger partial charge in [-0.2, -0.15) is 0 Å². The Hall–Kier alpha value is -1.34. The molecule has 0 aliphatic carbocycles. The molecule has 0 fully saturated rings. The van der Waals surface area contributed by atoms with E-state index in [1.807, 2.05) is 38.1 Å². The number of nitrogens with zero attached hydrogens (tertiary/aromatic N) is 1. The summed E-state index contributed by atoms with van der Waals surface area (Å²) in [6.07, 6.45) is 0. The van der Waals surface area contributed by atoms with E-state index in [0.717, 1.165) is 22.0 Å². The SMILES string of the molecule is CCOc1ccc(-c2nc(C)c(C(=O)NCCN)s2)cc1.Cl.Cl. The molecule has 0 bridgehead atoms. The second kappa shape index (κ2) is 10.4. The number of halogens is 2. The molecule has 0 aliphatic heterocycles. The first-order valence-corrected chi connectivity index (χ1v) is 7.66. The van der Waals surface area contributed by atoms with Crippen LogP contribution in [0.5, 0.6) is 5.75 Å². The van der Waals surface area contributed by atoms with E-state index in [1.165, 1.54) is 11.3 Å². The summed E-state index contributed by atoms with van der Waals surface area (Å²) < 4.78 is 5.42. The highest BCUT2D eigenvalue weighted by molar-refractivity contribution is 7.17. The smallest absolute Gasteiger partial charge is 0.263 e. The number of nitrogens with two attached hydrogens (primary N) is 1. The number of thiazole rings is 1. The minimum Gasteiger partial charge on any atom is -0.494 e. The molecule has 0 atom stereocenters. The molecule has 23 heavy (non-hydrogen) atoms. The average Bonchev–Trinajstić information content (AvgIpc) is 2.88. The van der Waals surface area contributed by atoms with Crippen LogP contribution in [0, 0.1) is 6.92 Å². The molecule has 8 heteroatoms. The van der Waals surface area contributed by atoms with Gasteiger partial charge in [0.2, 0.25) is 0 Å². The minimum atomic E-state index is -0.118. The third-order valence-corrected chi connectivity index (χ3v) is 4.05. The van der Waals surface area contributed by atoms with Crippen molar-refractivity contribution in [2.75, 3.05) is 19.7 Å². The summed E-state index contributed by atoms with van der Waals surface area (Å²) in [5, 5.41) is 3.59. The Labute approximate surface area is 152 Å². The van der Waals surface area contributed by atoms with Crippen molar-refractivity contribution in [2.24, 2.45) is 5.73 Å². The van der Waals surface area contributed by atoms with Crippen LogP contribution < -0.4 is 15.8 Å². The lowest BCUT2D eigenvalue weighted by Crippen LogP contribution is -2.28. The maximum absolute atomic E-state index is 12.0. The first kappa shape index (κ1) is 21.7. The Bertz CT molecular complexity index is 618. The molecule has 0 radical (unpaired) electrons. The number of benzene rings is 1. The molecule has 1 heterocycles. The van der Waals surface area contributed by atoms with Crippen LogP contribution in [0.15, 0.2) is 24.3 Å². The van der Waals surface area contributed by atoms with Gasteiger partial charge < -0.3 is 15.8 Å². The van der Waals surface area contributed by atoms with Crippen LogP contribution >= 0.6 is 36.2 Å². The first-order valence-electron chi connectivity index (χ1n) is 6.84. The van der Waals surface area contributed by atoms with Gasteiger partial charge in [0.05, 0.1) is 12.3 Å². The fraction of sp³-hybridized carbons (Fsp3) is 0.333. The van der Waals surface area contributed by atoms with Gasteiger partial charge in [0.15, 0.2) is 0 Å². The van der Waals surface area contributed by atoms with Crippen molar-refractivity contribution in [1.29, 1.82) is 0 Å². The van der Waals surface area contributed by atoms with E-state index in [-0.39, 0.29) is 30.7 Å². The number of ether oxygens (including phenoxy) is 1. The fourth-order valence-corrected chi connectivity index (χ4v) is 2.85. The fourth-order valence-electron chi connectivity index (χ4n) is 1.86. The summed E-state index contributed by atoms with van der Waals surface area (Å²) in [4.78, 5) is 17.1. The Morgan fingerprint density at radius 3 is 2.52 bits per heavy atom. The Morgan fingerprint density at radius 2 is 1.96 bits per heavy atom.